The fourth-order valence-corrected chi connectivity index (χ4v) is 4.04. The Balaban J connectivity index is 1.94. The summed E-state index contributed by atoms with van der Waals surface area (Å²) in [4.78, 5) is 30.4. The van der Waals surface area contributed by atoms with Crippen LogP contribution in [0.5, 0.6) is 11.6 Å². The highest BCUT2D eigenvalue weighted by atomic mass is 19.4. The lowest BCUT2D eigenvalue weighted by Gasteiger charge is -2.32. The molecule has 0 atom stereocenters. The second-order valence-corrected chi connectivity index (χ2v) is 8.38. The molecule has 0 radical (unpaired) electrons. The number of halogens is 3. The molecule has 184 valence electrons. The van der Waals surface area contributed by atoms with E-state index in [1.54, 1.807) is 0 Å². The van der Waals surface area contributed by atoms with Gasteiger partial charge in [0, 0.05) is 25.8 Å². The molecule has 1 saturated carbocycles. The monoisotopic (exact) mass is 480 g/mol. The maximum Gasteiger partial charge on any atom is 0.421 e. The van der Waals surface area contributed by atoms with Crippen LogP contribution >= 0.6 is 0 Å². The molecular weight excluding hydrogens is 453 g/mol. The molecule has 1 aromatic carbocycles. The lowest BCUT2D eigenvalue weighted by atomic mass is 9.82. The van der Waals surface area contributed by atoms with Crippen molar-refractivity contribution in [2.75, 3.05) is 25.2 Å². The summed E-state index contributed by atoms with van der Waals surface area (Å²) in [6.45, 7) is 2.46. The van der Waals surface area contributed by atoms with Crippen LogP contribution in [-0.2, 0) is 15.7 Å². The number of benzene rings is 1. The lowest BCUT2D eigenvalue weighted by Crippen LogP contribution is -2.40. The average Bonchev–Trinajstić information content (AvgIpc) is 2.80. The molecule has 1 fully saturated rings. The summed E-state index contributed by atoms with van der Waals surface area (Å²) in [5.74, 6) is -2.06. The highest BCUT2D eigenvalue weighted by Crippen LogP contribution is 2.38. The van der Waals surface area contributed by atoms with Crippen LogP contribution in [0.2, 0.25) is 0 Å². The molecule has 34 heavy (non-hydrogen) atoms. The van der Waals surface area contributed by atoms with E-state index in [1.807, 2.05) is 0 Å². The van der Waals surface area contributed by atoms with Gasteiger partial charge in [-0.1, -0.05) is 6.92 Å². The molecule has 0 aliphatic heterocycles. The molecule has 10 heteroatoms. The summed E-state index contributed by atoms with van der Waals surface area (Å²) in [6.07, 6.45) is -0.287. The normalized spacial score (nSPS) is 18.4. The van der Waals surface area contributed by atoms with Crippen molar-refractivity contribution in [2.45, 2.75) is 38.8 Å². The number of ether oxygens (including phenoxy) is 2. The van der Waals surface area contributed by atoms with Gasteiger partial charge in [-0.05, 0) is 61.9 Å². The number of amides is 1. The quantitative estimate of drug-likeness (QED) is 0.545. The van der Waals surface area contributed by atoms with Gasteiger partial charge in [-0.25, -0.2) is 9.78 Å². The minimum Gasteiger partial charge on any atom is -0.478 e. The zero-order valence-electron chi connectivity index (χ0n) is 19.0. The first-order chi connectivity index (χ1) is 16.1. The molecule has 1 aromatic heterocycles. The Morgan fingerprint density at radius 3 is 2.50 bits per heavy atom. The van der Waals surface area contributed by atoms with Crippen LogP contribution in [0.25, 0.3) is 0 Å². The SMILES string of the molecule is COCCN(C(=O)C1CCC(C)CC1)c1ccc(Oc2ncccc2C(F)(F)F)cc1C(=O)O. The number of carbonyl (C=O) groups is 2. The number of aromatic carboxylic acids is 1. The van der Waals surface area contributed by atoms with E-state index in [-0.39, 0.29) is 42.0 Å². The number of methoxy groups -OCH3 is 1. The van der Waals surface area contributed by atoms with Crippen molar-refractivity contribution in [3.8, 4) is 11.6 Å². The third-order valence-electron chi connectivity index (χ3n) is 5.93. The number of carbonyl (C=O) groups excluding carboxylic acids is 1. The van der Waals surface area contributed by atoms with Crippen molar-refractivity contribution >= 4 is 17.6 Å². The summed E-state index contributed by atoms with van der Waals surface area (Å²) in [7, 11) is 1.48. The van der Waals surface area contributed by atoms with E-state index < -0.39 is 23.6 Å². The number of rotatable bonds is 8. The van der Waals surface area contributed by atoms with E-state index in [4.69, 9.17) is 9.47 Å². The minimum atomic E-state index is -4.69. The molecule has 7 nitrogen and oxygen atoms in total. The van der Waals surface area contributed by atoms with Gasteiger partial charge in [-0.2, -0.15) is 13.2 Å². The van der Waals surface area contributed by atoms with Crippen molar-refractivity contribution in [3.63, 3.8) is 0 Å². The van der Waals surface area contributed by atoms with Crippen molar-refractivity contribution < 1.29 is 37.3 Å². The van der Waals surface area contributed by atoms with E-state index in [0.717, 1.165) is 37.2 Å². The Morgan fingerprint density at radius 2 is 1.88 bits per heavy atom. The average molecular weight is 480 g/mol. The standard InChI is InChI=1S/C24H27F3N2O5/c1-15-5-7-16(8-6-15)22(30)29(12-13-33-2)20-10-9-17(14-18(20)23(31)32)34-21-19(24(25,26)27)4-3-11-28-21/h3-4,9-11,14-16H,5-8,12-13H2,1-2H3,(H,31,32). The van der Waals surface area contributed by atoms with Crippen LogP contribution in [-0.4, -0.2) is 42.2 Å². The topological polar surface area (TPSA) is 89.0 Å². The molecular formula is C24H27F3N2O5. The highest BCUT2D eigenvalue weighted by Gasteiger charge is 2.35. The van der Waals surface area contributed by atoms with Gasteiger partial charge < -0.3 is 19.5 Å². The largest absolute Gasteiger partial charge is 0.478 e. The number of alkyl halides is 3. The molecule has 3 rings (SSSR count). The number of aromatic nitrogens is 1. The number of hydrogen-bond acceptors (Lipinski definition) is 5. The second kappa shape index (κ2) is 10.9. The zero-order valence-corrected chi connectivity index (χ0v) is 19.0. The number of anilines is 1. The molecule has 1 aliphatic carbocycles. The molecule has 0 saturated heterocycles. The van der Waals surface area contributed by atoms with Crippen LogP contribution in [0.15, 0.2) is 36.5 Å². The smallest absolute Gasteiger partial charge is 0.421 e. The molecule has 0 spiro atoms. The van der Waals surface area contributed by atoms with E-state index in [0.29, 0.717) is 18.8 Å². The summed E-state index contributed by atoms with van der Waals surface area (Å²) in [6, 6.07) is 5.75. The van der Waals surface area contributed by atoms with E-state index in [2.05, 4.69) is 11.9 Å². The Kier molecular flexibility index (Phi) is 8.14. The van der Waals surface area contributed by atoms with Crippen LogP contribution < -0.4 is 9.64 Å². The van der Waals surface area contributed by atoms with Crippen molar-refractivity contribution in [3.05, 3.63) is 47.7 Å². The molecule has 0 unspecified atom stereocenters. The first-order valence-corrected chi connectivity index (χ1v) is 11.0. The predicted octanol–water partition coefficient (Wildman–Crippen LogP) is 5.40. The molecule has 1 N–H and O–H groups in total. The van der Waals surface area contributed by atoms with Crippen LogP contribution in [0.3, 0.4) is 0 Å². The molecule has 1 aliphatic rings. The van der Waals surface area contributed by atoms with Crippen molar-refractivity contribution in [2.24, 2.45) is 11.8 Å². The third kappa shape index (κ3) is 6.05. The number of nitrogens with zero attached hydrogens (tertiary/aromatic N) is 2. The Morgan fingerprint density at radius 1 is 1.18 bits per heavy atom. The van der Waals surface area contributed by atoms with Gasteiger partial charge in [-0.3, -0.25) is 4.79 Å². The van der Waals surface area contributed by atoms with Crippen LogP contribution in [0.1, 0.15) is 48.5 Å². The first-order valence-electron chi connectivity index (χ1n) is 11.0. The van der Waals surface area contributed by atoms with Gasteiger partial charge in [0.25, 0.3) is 0 Å². The van der Waals surface area contributed by atoms with Crippen LogP contribution in [0.4, 0.5) is 18.9 Å². The van der Waals surface area contributed by atoms with Crippen molar-refractivity contribution in [1.82, 2.24) is 4.98 Å². The maximum absolute atomic E-state index is 13.3. The molecule has 0 bridgehead atoms. The Bertz CT molecular complexity index is 1020. The summed E-state index contributed by atoms with van der Waals surface area (Å²) >= 11 is 0. The van der Waals surface area contributed by atoms with Gasteiger partial charge in [-0.15, -0.1) is 0 Å². The fraction of sp³-hybridized carbons (Fsp3) is 0.458. The minimum absolute atomic E-state index is 0.137. The molecule has 2 aromatic rings. The van der Waals surface area contributed by atoms with Crippen LogP contribution in [0, 0.1) is 11.8 Å². The number of carboxylic acids is 1. The third-order valence-corrected chi connectivity index (χ3v) is 5.93. The van der Waals surface area contributed by atoms with E-state index >= 15 is 0 Å². The number of hydrogen-bond donors (Lipinski definition) is 1. The Hall–Kier alpha value is -3.14. The summed E-state index contributed by atoms with van der Waals surface area (Å²) in [5.41, 5.74) is -1.22. The van der Waals surface area contributed by atoms with Gasteiger partial charge in [0.15, 0.2) is 0 Å². The number of pyridine rings is 1. The summed E-state index contributed by atoms with van der Waals surface area (Å²) in [5, 5.41) is 9.82. The fourth-order valence-electron chi connectivity index (χ4n) is 4.04. The number of carboxylic acid groups (broad SMARTS) is 1. The second-order valence-electron chi connectivity index (χ2n) is 8.38. The zero-order chi connectivity index (χ0) is 24.9. The van der Waals surface area contributed by atoms with E-state index in [1.165, 1.54) is 24.1 Å². The highest BCUT2D eigenvalue weighted by molar-refractivity contribution is 6.03. The van der Waals surface area contributed by atoms with Crippen molar-refractivity contribution in [1.29, 1.82) is 0 Å². The predicted molar refractivity (Wildman–Crippen MR) is 118 cm³/mol. The summed E-state index contributed by atoms with van der Waals surface area (Å²) < 4.78 is 50.2. The first kappa shape index (κ1) is 25.5. The maximum atomic E-state index is 13.3. The molecule has 1 amide bonds. The lowest BCUT2D eigenvalue weighted by molar-refractivity contribution is -0.138. The van der Waals surface area contributed by atoms with Gasteiger partial charge >= 0.3 is 12.1 Å². The Labute approximate surface area is 195 Å². The molecule has 1 heterocycles. The van der Waals surface area contributed by atoms with E-state index in [9.17, 15) is 27.9 Å². The van der Waals surface area contributed by atoms with Gasteiger partial charge in [0.05, 0.1) is 17.9 Å². The van der Waals surface area contributed by atoms with Gasteiger partial charge in [0.2, 0.25) is 11.8 Å². The van der Waals surface area contributed by atoms with Gasteiger partial charge in [0.1, 0.15) is 11.3 Å².